The van der Waals surface area contributed by atoms with Crippen LogP contribution >= 0.6 is 11.8 Å². The Morgan fingerprint density at radius 1 is 1.32 bits per heavy atom. The van der Waals surface area contributed by atoms with Crippen LogP contribution in [-0.2, 0) is 19.2 Å². The van der Waals surface area contributed by atoms with E-state index in [0.717, 1.165) is 18.6 Å². The fourth-order valence-corrected chi connectivity index (χ4v) is 5.38. The first-order valence-electron chi connectivity index (χ1n) is 10.9. The van der Waals surface area contributed by atoms with E-state index in [9.17, 15) is 14.8 Å². The number of amides is 2. The number of benzene rings is 1. The van der Waals surface area contributed by atoms with Crippen LogP contribution in [0.5, 0.6) is 0 Å². The lowest BCUT2D eigenvalue weighted by atomic mass is 9.89. The van der Waals surface area contributed by atoms with Crippen molar-refractivity contribution in [1.82, 2.24) is 15.4 Å². The molecular formula is C22H30N3O5S-. The number of piperidine rings is 1. The van der Waals surface area contributed by atoms with Crippen LogP contribution in [0, 0.1) is 11.1 Å². The summed E-state index contributed by atoms with van der Waals surface area (Å²) in [6, 6.07) is 10.4. The van der Waals surface area contributed by atoms with E-state index in [-0.39, 0.29) is 18.4 Å². The van der Waals surface area contributed by atoms with Crippen molar-refractivity contribution in [3.05, 3.63) is 41.1 Å². The summed E-state index contributed by atoms with van der Waals surface area (Å²) in [5.41, 5.74) is 0.438. The van der Waals surface area contributed by atoms with Crippen molar-refractivity contribution in [2.45, 2.75) is 50.0 Å². The zero-order chi connectivity index (χ0) is 22.0. The summed E-state index contributed by atoms with van der Waals surface area (Å²) in [6.07, 6.45) is 2.62. The van der Waals surface area contributed by atoms with Gasteiger partial charge in [0.05, 0.1) is 6.61 Å². The molecule has 4 rings (SSSR count). The fourth-order valence-electron chi connectivity index (χ4n) is 4.57. The SMILES string of the molecule is CCON([O-])[C@H]1O[C@@H]1C(=O)NC1(C(=O)N2CCC(c3ccccc3)CC2)C[C@H]1CSC. The minimum atomic E-state index is -0.938. The largest absolute Gasteiger partial charge is 0.760 e. The van der Waals surface area contributed by atoms with Crippen molar-refractivity contribution >= 4 is 23.6 Å². The van der Waals surface area contributed by atoms with Gasteiger partial charge in [-0.05, 0) is 49.7 Å². The molecule has 0 spiro atoms. The molecule has 1 aromatic rings. The number of hydrogen-bond acceptors (Lipinski definition) is 7. The first-order valence-corrected chi connectivity index (χ1v) is 12.3. The molecule has 2 saturated heterocycles. The number of hydroxylamine groups is 2. The molecule has 3 aliphatic rings. The van der Waals surface area contributed by atoms with Crippen molar-refractivity contribution < 1.29 is 19.2 Å². The van der Waals surface area contributed by atoms with Gasteiger partial charge in [-0.1, -0.05) is 30.3 Å². The smallest absolute Gasteiger partial charge is 0.254 e. The Balaban J connectivity index is 1.37. The molecule has 1 unspecified atom stereocenters. The van der Waals surface area contributed by atoms with E-state index in [4.69, 9.17) is 9.57 Å². The van der Waals surface area contributed by atoms with Crippen LogP contribution in [0.15, 0.2) is 30.3 Å². The lowest BCUT2D eigenvalue weighted by molar-refractivity contribution is -0.143. The standard InChI is InChI=1S/C22H30N3O5S/c1-3-29-25(28)20-18(30-20)19(26)23-22(13-17(22)14-31-2)21(27)24-11-9-16(10-12-24)15-7-5-4-6-8-15/h4-8,16-18,20H,3,9-14H2,1-2H3,(H,23,26)/q-1/t17-,18+,20-,22?/m0/s1. The number of likely N-dealkylation sites (tertiary alicyclic amines) is 1. The monoisotopic (exact) mass is 448 g/mol. The molecule has 0 aromatic heterocycles. The molecule has 2 amide bonds. The molecule has 2 heterocycles. The Hall–Kier alpha value is -1.65. The van der Waals surface area contributed by atoms with Crippen molar-refractivity contribution in [3.8, 4) is 0 Å². The summed E-state index contributed by atoms with van der Waals surface area (Å²) in [6.45, 7) is 3.26. The van der Waals surface area contributed by atoms with Gasteiger partial charge in [0.15, 0.2) is 12.3 Å². The molecule has 9 heteroatoms. The zero-order valence-corrected chi connectivity index (χ0v) is 18.8. The number of epoxide rings is 1. The van der Waals surface area contributed by atoms with E-state index in [1.807, 2.05) is 17.2 Å². The summed E-state index contributed by atoms with van der Waals surface area (Å²) in [5, 5.41) is 15.0. The molecule has 8 nitrogen and oxygen atoms in total. The zero-order valence-electron chi connectivity index (χ0n) is 18.0. The predicted molar refractivity (Wildman–Crippen MR) is 118 cm³/mol. The quantitative estimate of drug-likeness (QED) is 0.456. The van der Waals surface area contributed by atoms with Crippen molar-refractivity contribution in [1.29, 1.82) is 0 Å². The highest BCUT2D eigenvalue weighted by Crippen LogP contribution is 2.48. The topological polar surface area (TPSA) is 97.5 Å². The van der Waals surface area contributed by atoms with Crippen LogP contribution in [0.2, 0.25) is 0 Å². The average Bonchev–Trinajstić information content (AvgIpc) is 3.70. The van der Waals surface area contributed by atoms with Crippen molar-refractivity contribution in [3.63, 3.8) is 0 Å². The number of hydrogen-bond donors (Lipinski definition) is 1. The minimum absolute atomic E-state index is 0.00704. The highest BCUT2D eigenvalue weighted by Gasteiger charge is 2.63. The average molecular weight is 449 g/mol. The Labute approximate surface area is 187 Å². The van der Waals surface area contributed by atoms with Crippen LogP contribution in [-0.4, -0.2) is 71.5 Å². The minimum Gasteiger partial charge on any atom is -0.760 e. The number of thioether (sulfide) groups is 1. The lowest BCUT2D eigenvalue weighted by Gasteiger charge is -2.35. The highest BCUT2D eigenvalue weighted by atomic mass is 32.2. The molecule has 170 valence electrons. The second kappa shape index (κ2) is 9.46. The third-order valence-corrected chi connectivity index (χ3v) is 7.18. The van der Waals surface area contributed by atoms with Crippen LogP contribution in [0.3, 0.4) is 0 Å². The van der Waals surface area contributed by atoms with Gasteiger partial charge >= 0.3 is 0 Å². The number of carbonyl (C=O) groups is 2. The van der Waals surface area contributed by atoms with Crippen LogP contribution in [0.1, 0.15) is 37.7 Å². The molecule has 3 fully saturated rings. The highest BCUT2D eigenvalue weighted by molar-refractivity contribution is 7.98. The van der Waals surface area contributed by atoms with Crippen LogP contribution < -0.4 is 5.32 Å². The van der Waals surface area contributed by atoms with E-state index in [0.29, 0.717) is 30.7 Å². The number of carbonyl (C=O) groups excluding carboxylic acids is 2. The second-order valence-corrected chi connectivity index (χ2v) is 9.36. The summed E-state index contributed by atoms with van der Waals surface area (Å²) in [7, 11) is 0. The summed E-state index contributed by atoms with van der Waals surface area (Å²) >= 11 is 1.67. The summed E-state index contributed by atoms with van der Waals surface area (Å²) in [4.78, 5) is 32.9. The molecule has 31 heavy (non-hydrogen) atoms. The molecule has 0 radical (unpaired) electrons. The number of nitrogens with zero attached hydrogens (tertiary/aromatic N) is 2. The van der Waals surface area contributed by atoms with Gasteiger partial charge in [-0.3, -0.25) is 9.59 Å². The summed E-state index contributed by atoms with van der Waals surface area (Å²) < 4.78 is 5.20. The fraction of sp³-hybridized carbons (Fsp3) is 0.636. The van der Waals surface area contributed by atoms with E-state index >= 15 is 0 Å². The molecule has 4 atom stereocenters. The van der Waals surface area contributed by atoms with Gasteiger partial charge in [-0.25, -0.2) is 5.23 Å². The number of ether oxygens (including phenoxy) is 1. The molecule has 1 saturated carbocycles. The van der Waals surface area contributed by atoms with Gasteiger partial charge < -0.3 is 25.0 Å². The van der Waals surface area contributed by atoms with Gasteiger partial charge in [0, 0.05) is 19.0 Å². The Morgan fingerprint density at radius 3 is 2.68 bits per heavy atom. The van der Waals surface area contributed by atoms with E-state index in [2.05, 4.69) is 29.6 Å². The van der Waals surface area contributed by atoms with Gasteiger partial charge in [-0.2, -0.15) is 11.8 Å². The molecule has 1 N–H and O–H groups in total. The molecule has 1 aromatic carbocycles. The normalized spacial score (nSPS) is 30.3. The Morgan fingerprint density at radius 2 is 2.03 bits per heavy atom. The Bertz CT molecular complexity index is 789. The maximum atomic E-state index is 13.5. The third-order valence-electron chi connectivity index (χ3n) is 6.45. The van der Waals surface area contributed by atoms with E-state index in [1.165, 1.54) is 5.56 Å². The third kappa shape index (κ3) is 4.75. The lowest BCUT2D eigenvalue weighted by Crippen LogP contribution is -2.55. The van der Waals surface area contributed by atoms with Crippen molar-refractivity contribution in [2.75, 3.05) is 31.7 Å². The molecular weight excluding hydrogens is 418 g/mol. The number of rotatable bonds is 9. The van der Waals surface area contributed by atoms with Crippen LogP contribution in [0.4, 0.5) is 0 Å². The van der Waals surface area contributed by atoms with Gasteiger partial charge in [0.2, 0.25) is 5.91 Å². The predicted octanol–water partition coefficient (Wildman–Crippen LogP) is 2.11. The number of nitrogens with one attached hydrogen (secondary N) is 1. The van der Waals surface area contributed by atoms with Gasteiger partial charge in [0.1, 0.15) is 5.54 Å². The van der Waals surface area contributed by atoms with E-state index in [1.54, 1.807) is 18.7 Å². The van der Waals surface area contributed by atoms with E-state index < -0.39 is 23.8 Å². The first-order chi connectivity index (χ1) is 15.0. The van der Waals surface area contributed by atoms with Crippen LogP contribution in [0.25, 0.3) is 0 Å². The van der Waals surface area contributed by atoms with Crippen molar-refractivity contribution in [2.24, 2.45) is 5.92 Å². The second-order valence-electron chi connectivity index (χ2n) is 8.44. The molecule has 0 bridgehead atoms. The van der Waals surface area contributed by atoms with Gasteiger partial charge in [-0.15, -0.1) is 0 Å². The maximum absolute atomic E-state index is 13.5. The molecule has 1 aliphatic carbocycles. The first kappa shape index (κ1) is 22.5. The summed E-state index contributed by atoms with van der Waals surface area (Å²) in [5.74, 6) is 0.931. The molecule has 2 aliphatic heterocycles. The maximum Gasteiger partial charge on any atom is 0.254 e. The van der Waals surface area contributed by atoms with Gasteiger partial charge in [0.25, 0.3) is 5.91 Å². The Kier molecular flexibility index (Phi) is 6.88.